The molecule has 0 saturated carbocycles. The highest BCUT2D eigenvalue weighted by Gasteiger charge is 2.49. The first-order valence-corrected chi connectivity index (χ1v) is 9.54. The van der Waals surface area contributed by atoms with E-state index in [1.54, 1.807) is 6.92 Å². The second kappa shape index (κ2) is 10.2. The van der Waals surface area contributed by atoms with Gasteiger partial charge < -0.3 is 14.9 Å². The van der Waals surface area contributed by atoms with Crippen molar-refractivity contribution in [2.75, 3.05) is 0 Å². The first-order chi connectivity index (χ1) is 10.8. The monoisotopic (exact) mass is 366 g/mol. The second-order valence-electron chi connectivity index (χ2n) is 6.40. The van der Waals surface area contributed by atoms with Crippen LogP contribution in [0.3, 0.4) is 0 Å². The molecule has 24 heavy (non-hydrogen) atoms. The Morgan fingerprint density at radius 1 is 1.04 bits per heavy atom. The summed E-state index contributed by atoms with van der Waals surface area (Å²) in [7, 11) is -5.56. The number of hydrogen-bond acceptors (Lipinski definition) is 2. The molecule has 0 saturated heterocycles. The summed E-state index contributed by atoms with van der Waals surface area (Å²) in [6, 6.07) is 0. The van der Waals surface area contributed by atoms with Gasteiger partial charge in [0.25, 0.3) is 0 Å². The standard InChI is InChI=1S/C17H29F2O4P/c1-13(2)7-5-8-14(3)9-6-10-15(4)11-16(20)12-17(18,19)24(21,22)23/h7,9,11,16,20H,5-6,8,10,12H2,1-4H3,(H2,21,22,23). The Kier molecular flexibility index (Phi) is 9.90. The van der Waals surface area contributed by atoms with Crippen LogP contribution in [0.25, 0.3) is 0 Å². The van der Waals surface area contributed by atoms with Crippen LogP contribution in [0.15, 0.2) is 34.9 Å². The zero-order valence-corrected chi connectivity index (χ0v) is 15.7. The first-order valence-electron chi connectivity index (χ1n) is 7.93. The molecular weight excluding hydrogens is 337 g/mol. The number of alkyl halides is 2. The zero-order valence-electron chi connectivity index (χ0n) is 14.8. The van der Waals surface area contributed by atoms with Crippen LogP contribution >= 0.6 is 7.60 Å². The Bertz CT molecular complexity index is 529. The van der Waals surface area contributed by atoms with Gasteiger partial charge in [-0.3, -0.25) is 4.57 Å². The number of aliphatic hydroxyl groups excluding tert-OH is 1. The van der Waals surface area contributed by atoms with Gasteiger partial charge in [-0.1, -0.05) is 34.9 Å². The summed E-state index contributed by atoms with van der Waals surface area (Å²) in [5.74, 6) is 0. The highest BCUT2D eigenvalue weighted by molar-refractivity contribution is 7.53. The lowest BCUT2D eigenvalue weighted by Gasteiger charge is -2.19. The van der Waals surface area contributed by atoms with Crippen molar-refractivity contribution in [2.24, 2.45) is 0 Å². The van der Waals surface area contributed by atoms with Gasteiger partial charge in [0.15, 0.2) is 0 Å². The molecule has 0 aromatic carbocycles. The van der Waals surface area contributed by atoms with Crippen molar-refractivity contribution in [3.05, 3.63) is 34.9 Å². The van der Waals surface area contributed by atoms with Crippen molar-refractivity contribution in [1.29, 1.82) is 0 Å². The normalized spacial score (nSPS) is 15.4. The molecule has 0 fully saturated rings. The summed E-state index contributed by atoms with van der Waals surface area (Å²) in [5.41, 5.74) is -0.987. The van der Waals surface area contributed by atoms with Crippen LogP contribution in [-0.4, -0.2) is 26.7 Å². The van der Waals surface area contributed by atoms with Crippen molar-refractivity contribution >= 4 is 7.60 Å². The van der Waals surface area contributed by atoms with Gasteiger partial charge in [0.2, 0.25) is 0 Å². The third-order valence-corrected chi connectivity index (χ3v) is 4.52. The lowest BCUT2D eigenvalue weighted by molar-refractivity contribution is 0.0172. The molecule has 4 nitrogen and oxygen atoms in total. The predicted molar refractivity (Wildman–Crippen MR) is 93.0 cm³/mol. The van der Waals surface area contributed by atoms with Gasteiger partial charge in [-0.25, -0.2) is 0 Å². The molecule has 0 spiro atoms. The number of hydrogen-bond donors (Lipinski definition) is 3. The van der Waals surface area contributed by atoms with Gasteiger partial charge >= 0.3 is 13.3 Å². The maximum atomic E-state index is 13.2. The molecule has 3 N–H and O–H groups in total. The number of aliphatic hydroxyl groups is 1. The van der Waals surface area contributed by atoms with Crippen LogP contribution in [0.4, 0.5) is 8.78 Å². The topological polar surface area (TPSA) is 77.8 Å². The van der Waals surface area contributed by atoms with E-state index in [1.807, 2.05) is 6.92 Å². The van der Waals surface area contributed by atoms with Gasteiger partial charge in [0.1, 0.15) is 0 Å². The average Bonchev–Trinajstić information content (AvgIpc) is 2.35. The average molecular weight is 366 g/mol. The number of halogens is 2. The van der Waals surface area contributed by atoms with E-state index in [1.165, 1.54) is 17.2 Å². The Morgan fingerprint density at radius 2 is 1.54 bits per heavy atom. The van der Waals surface area contributed by atoms with E-state index >= 15 is 0 Å². The highest BCUT2D eigenvalue weighted by atomic mass is 31.2. The number of allylic oxidation sites excluding steroid dienone is 5. The van der Waals surface area contributed by atoms with E-state index in [4.69, 9.17) is 9.79 Å². The Morgan fingerprint density at radius 3 is 2.04 bits per heavy atom. The molecule has 0 aliphatic heterocycles. The van der Waals surface area contributed by atoms with E-state index < -0.39 is 25.8 Å². The molecule has 1 unspecified atom stereocenters. The minimum atomic E-state index is -5.56. The smallest absolute Gasteiger partial charge is 0.389 e. The molecule has 0 aromatic rings. The lowest BCUT2D eigenvalue weighted by atomic mass is 10.0. The summed E-state index contributed by atoms with van der Waals surface area (Å²) in [6.45, 7) is 7.83. The predicted octanol–water partition coefficient (Wildman–Crippen LogP) is 4.93. The number of rotatable bonds is 10. The minimum absolute atomic E-state index is 0.596. The Balaban J connectivity index is 4.41. The molecule has 0 rings (SSSR count). The second-order valence-corrected chi connectivity index (χ2v) is 8.15. The maximum absolute atomic E-state index is 13.2. The molecule has 0 radical (unpaired) electrons. The lowest BCUT2D eigenvalue weighted by Crippen LogP contribution is -2.23. The largest absolute Gasteiger partial charge is 0.394 e. The van der Waals surface area contributed by atoms with Crippen LogP contribution in [0.2, 0.25) is 0 Å². The van der Waals surface area contributed by atoms with Crippen molar-refractivity contribution in [2.45, 2.75) is 71.6 Å². The molecule has 0 aliphatic carbocycles. The van der Waals surface area contributed by atoms with Crippen LogP contribution in [0.1, 0.15) is 59.8 Å². The van der Waals surface area contributed by atoms with Crippen molar-refractivity contribution in [1.82, 2.24) is 0 Å². The van der Waals surface area contributed by atoms with Crippen molar-refractivity contribution in [3.63, 3.8) is 0 Å². The molecule has 0 heterocycles. The Labute approximate surface area is 143 Å². The van der Waals surface area contributed by atoms with Crippen LogP contribution in [0, 0.1) is 0 Å². The molecular formula is C17H29F2O4P. The molecule has 7 heteroatoms. The molecule has 0 aliphatic rings. The van der Waals surface area contributed by atoms with Crippen LogP contribution < -0.4 is 0 Å². The minimum Gasteiger partial charge on any atom is -0.389 e. The molecule has 140 valence electrons. The molecule has 0 bridgehead atoms. The third-order valence-electron chi connectivity index (χ3n) is 3.48. The third kappa shape index (κ3) is 10.1. The Hall–Kier alpha value is -0.810. The van der Waals surface area contributed by atoms with Crippen LogP contribution in [-0.2, 0) is 4.57 Å². The molecule has 1 atom stereocenters. The summed E-state index contributed by atoms with van der Waals surface area (Å²) in [6.07, 6.45) is 5.87. The van der Waals surface area contributed by atoms with E-state index in [0.717, 1.165) is 19.3 Å². The van der Waals surface area contributed by atoms with E-state index in [2.05, 4.69) is 26.0 Å². The van der Waals surface area contributed by atoms with Gasteiger partial charge in [-0.2, -0.15) is 8.78 Å². The van der Waals surface area contributed by atoms with Gasteiger partial charge in [0.05, 0.1) is 12.5 Å². The van der Waals surface area contributed by atoms with E-state index in [9.17, 15) is 18.5 Å². The van der Waals surface area contributed by atoms with Crippen LogP contribution in [0.5, 0.6) is 0 Å². The van der Waals surface area contributed by atoms with Gasteiger partial charge in [-0.05, 0) is 53.4 Å². The molecule has 0 aromatic heterocycles. The van der Waals surface area contributed by atoms with E-state index in [0.29, 0.717) is 12.0 Å². The summed E-state index contributed by atoms with van der Waals surface area (Å²) in [5, 5.41) is 9.57. The highest BCUT2D eigenvalue weighted by Crippen LogP contribution is 2.55. The summed E-state index contributed by atoms with van der Waals surface area (Å²) >= 11 is 0. The van der Waals surface area contributed by atoms with Gasteiger partial charge in [-0.15, -0.1) is 0 Å². The maximum Gasteiger partial charge on any atom is 0.394 e. The zero-order chi connectivity index (χ0) is 19.0. The fraction of sp³-hybridized carbons (Fsp3) is 0.647. The summed E-state index contributed by atoms with van der Waals surface area (Å²) in [4.78, 5) is 17.1. The SMILES string of the molecule is CC(C)=CCCC(C)=CCCC(C)=CC(O)CC(F)(F)P(=O)(O)O. The van der Waals surface area contributed by atoms with Crippen molar-refractivity contribution in [3.8, 4) is 0 Å². The van der Waals surface area contributed by atoms with E-state index in [-0.39, 0.29) is 0 Å². The first kappa shape index (κ1) is 23.2. The molecule has 0 amide bonds. The van der Waals surface area contributed by atoms with Crippen molar-refractivity contribution < 1.29 is 28.2 Å². The quantitative estimate of drug-likeness (QED) is 0.378. The summed E-state index contributed by atoms with van der Waals surface area (Å²) < 4.78 is 37.0. The fourth-order valence-electron chi connectivity index (χ4n) is 2.08. The van der Waals surface area contributed by atoms with Gasteiger partial charge in [0, 0.05) is 0 Å². The fourth-order valence-corrected chi connectivity index (χ4v) is 2.50.